The topological polar surface area (TPSA) is 87.8 Å². The Morgan fingerprint density at radius 1 is 0.941 bits per heavy atom. The molecule has 0 saturated heterocycles. The van der Waals surface area contributed by atoms with Crippen LogP contribution in [0.4, 0.5) is 0 Å². The smallest absolute Gasteiger partial charge is 0.361 e. The van der Waals surface area contributed by atoms with Crippen LogP contribution in [0.1, 0.15) is 44.0 Å². The number of nitrogens with zero attached hydrogens (tertiary/aromatic N) is 1. The third kappa shape index (κ3) is 6.05. The summed E-state index contributed by atoms with van der Waals surface area (Å²) in [6, 6.07) is 17.9. The van der Waals surface area contributed by atoms with E-state index >= 15 is 0 Å². The number of carbonyl (C=O) groups excluding carboxylic acids is 1. The summed E-state index contributed by atoms with van der Waals surface area (Å²) in [5.74, 6) is -0.0330. The molecular formula is C27H27N3O3S. The zero-order chi connectivity index (χ0) is 24.1. The highest BCUT2D eigenvalue weighted by molar-refractivity contribution is 7.98. The second-order valence-corrected chi connectivity index (χ2v) is 9.43. The lowest BCUT2D eigenvalue weighted by atomic mass is 10.1. The molecule has 6 nitrogen and oxygen atoms in total. The minimum atomic E-state index is -0.640. The molecular weight excluding hydrogens is 446 g/mol. The molecule has 174 valence electrons. The van der Waals surface area contributed by atoms with Gasteiger partial charge in [0.1, 0.15) is 5.69 Å². The van der Waals surface area contributed by atoms with E-state index in [9.17, 15) is 9.59 Å². The highest BCUT2D eigenvalue weighted by atomic mass is 32.2. The first-order chi connectivity index (χ1) is 16.4. The minimum absolute atomic E-state index is 0.0287. The van der Waals surface area contributed by atoms with E-state index in [2.05, 4.69) is 78.4 Å². The Morgan fingerprint density at radius 3 is 2.50 bits per heavy atom. The number of esters is 1. The molecule has 2 N–H and O–H groups in total. The fourth-order valence-corrected chi connectivity index (χ4v) is 4.34. The molecule has 4 rings (SSSR count). The normalized spacial score (nSPS) is 10.9. The molecule has 34 heavy (non-hydrogen) atoms. The summed E-state index contributed by atoms with van der Waals surface area (Å²) < 4.78 is 5.38. The van der Waals surface area contributed by atoms with Gasteiger partial charge in [0.25, 0.3) is 5.56 Å². The first-order valence-corrected chi connectivity index (χ1v) is 12.1. The molecule has 2 aromatic carbocycles. The van der Waals surface area contributed by atoms with Gasteiger partial charge in [-0.1, -0.05) is 35.9 Å². The van der Waals surface area contributed by atoms with Crippen molar-refractivity contribution in [1.82, 2.24) is 15.2 Å². The van der Waals surface area contributed by atoms with Crippen LogP contribution in [0, 0.1) is 20.8 Å². The van der Waals surface area contributed by atoms with E-state index in [0.717, 1.165) is 22.6 Å². The monoisotopic (exact) mass is 473 g/mol. The number of pyridine rings is 1. The molecule has 7 heteroatoms. The lowest BCUT2D eigenvalue weighted by Crippen LogP contribution is -2.17. The second-order valence-electron chi connectivity index (χ2n) is 8.38. The molecule has 2 heterocycles. The molecule has 0 spiro atoms. The van der Waals surface area contributed by atoms with Crippen LogP contribution < -0.4 is 10.3 Å². The van der Waals surface area contributed by atoms with Crippen LogP contribution in [0.15, 0.2) is 70.5 Å². The Hall–Kier alpha value is -3.58. The lowest BCUT2D eigenvalue weighted by molar-refractivity contribution is 0.0726. The molecule has 0 fully saturated rings. The van der Waals surface area contributed by atoms with Crippen LogP contribution in [0.2, 0.25) is 0 Å². The van der Waals surface area contributed by atoms with E-state index in [1.807, 2.05) is 0 Å². The molecule has 4 aromatic rings. The van der Waals surface area contributed by atoms with Crippen molar-refractivity contribution < 1.29 is 9.53 Å². The standard InChI is InChI=1S/C27H27N3O3S/c1-17-4-7-20(8-5-17)9-10-22-14-24(30-29-22)27(32)33-25-13-21(15-28-26(25)31)16-34-23-11-6-18(2)19(3)12-23/h4-8,11-15H,9-10,16H2,1-3H3,(H,28,31)(H,29,30). The maximum Gasteiger partial charge on any atom is 0.361 e. The maximum atomic E-state index is 12.6. The van der Waals surface area contributed by atoms with Crippen molar-refractivity contribution in [2.45, 2.75) is 44.3 Å². The third-order valence-electron chi connectivity index (χ3n) is 5.66. The van der Waals surface area contributed by atoms with Crippen molar-refractivity contribution in [3.05, 3.63) is 110 Å². The predicted molar refractivity (Wildman–Crippen MR) is 135 cm³/mol. The number of ether oxygens (including phenoxy) is 1. The predicted octanol–water partition coefficient (Wildman–Crippen LogP) is 5.32. The number of nitrogens with one attached hydrogen (secondary N) is 2. The van der Waals surface area contributed by atoms with E-state index in [1.54, 1.807) is 30.1 Å². The van der Waals surface area contributed by atoms with Gasteiger partial charge in [-0.15, -0.1) is 11.8 Å². The summed E-state index contributed by atoms with van der Waals surface area (Å²) in [6.07, 6.45) is 3.16. The van der Waals surface area contributed by atoms with Gasteiger partial charge in [-0.25, -0.2) is 4.79 Å². The van der Waals surface area contributed by atoms with Gasteiger partial charge in [-0.05, 0) is 80.1 Å². The highest BCUT2D eigenvalue weighted by Crippen LogP contribution is 2.25. The van der Waals surface area contributed by atoms with Crippen molar-refractivity contribution in [2.75, 3.05) is 0 Å². The highest BCUT2D eigenvalue weighted by Gasteiger charge is 2.15. The number of aryl methyl sites for hydroxylation is 5. The zero-order valence-electron chi connectivity index (χ0n) is 19.5. The van der Waals surface area contributed by atoms with Crippen molar-refractivity contribution in [3.63, 3.8) is 0 Å². The van der Waals surface area contributed by atoms with Crippen LogP contribution in [-0.4, -0.2) is 21.2 Å². The van der Waals surface area contributed by atoms with Crippen LogP contribution in [0.25, 0.3) is 0 Å². The summed E-state index contributed by atoms with van der Waals surface area (Å²) in [7, 11) is 0. The Bertz CT molecular complexity index is 1360. The van der Waals surface area contributed by atoms with Crippen LogP contribution in [0.5, 0.6) is 5.75 Å². The van der Waals surface area contributed by atoms with Crippen molar-refractivity contribution in [2.24, 2.45) is 0 Å². The number of carbonyl (C=O) groups is 1. The lowest BCUT2D eigenvalue weighted by Gasteiger charge is -2.07. The second kappa shape index (κ2) is 10.6. The molecule has 0 radical (unpaired) electrons. The number of hydrogen-bond acceptors (Lipinski definition) is 5. The Kier molecular flexibility index (Phi) is 7.33. The Morgan fingerprint density at radius 2 is 1.74 bits per heavy atom. The number of rotatable bonds is 8. The molecule has 0 unspecified atom stereocenters. The summed E-state index contributed by atoms with van der Waals surface area (Å²) in [4.78, 5) is 28.6. The molecule has 0 aliphatic heterocycles. The van der Waals surface area contributed by atoms with Gasteiger partial charge >= 0.3 is 5.97 Å². The van der Waals surface area contributed by atoms with Gasteiger partial charge in [0.15, 0.2) is 5.75 Å². The molecule has 2 aromatic heterocycles. The number of hydrogen-bond donors (Lipinski definition) is 2. The van der Waals surface area contributed by atoms with Gasteiger partial charge < -0.3 is 9.72 Å². The first-order valence-electron chi connectivity index (χ1n) is 11.1. The Balaban J connectivity index is 1.37. The number of thioether (sulfide) groups is 1. The first kappa shape index (κ1) is 23.6. The molecule has 0 atom stereocenters. The van der Waals surface area contributed by atoms with Gasteiger partial charge in [0.05, 0.1) is 5.69 Å². The number of aromatic amines is 2. The minimum Gasteiger partial charge on any atom is -0.416 e. The quantitative estimate of drug-likeness (QED) is 0.267. The summed E-state index contributed by atoms with van der Waals surface area (Å²) >= 11 is 1.66. The van der Waals surface area contributed by atoms with E-state index in [1.165, 1.54) is 22.3 Å². The number of aromatic nitrogens is 3. The largest absolute Gasteiger partial charge is 0.416 e. The SMILES string of the molecule is Cc1ccc(CCc2cc(C(=O)Oc3cc(CSc4ccc(C)c(C)c4)c[nH]c3=O)[nH]n2)cc1. The molecule has 0 bridgehead atoms. The molecule has 0 saturated carbocycles. The van der Waals surface area contributed by atoms with E-state index in [4.69, 9.17) is 4.74 Å². The fourth-order valence-electron chi connectivity index (χ4n) is 3.41. The van der Waals surface area contributed by atoms with Crippen LogP contribution >= 0.6 is 11.8 Å². The van der Waals surface area contributed by atoms with Gasteiger partial charge in [-0.2, -0.15) is 5.10 Å². The van der Waals surface area contributed by atoms with E-state index in [-0.39, 0.29) is 11.4 Å². The number of H-pyrrole nitrogens is 2. The summed E-state index contributed by atoms with van der Waals surface area (Å²) in [5.41, 5.74) is 6.30. The van der Waals surface area contributed by atoms with Crippen LogP contribution in [-0.2, 0) is 18.6 Å². The summed E-state index contributed by atoms with van der Waals surface area (Å²) in [6.45, 7) is 6.22. The zero-order valence-corrected chi connectivity index (χ0v) is 20.3. The van der Waals surface area contributed by atoms with Crippen LogP contribution in [0.3, 0.4) is 0 Å². The third-order valence-corrected chi connectivity index (χ3v) is 6.72. The van der Waals surface area contributed by atoms with Gasteiger partial charge in [0.2, 0.25) is 0 Å². The average molecular weight is 474 g/mol. The number of benzene rings is 2. The maximum absolute atomic E-state index is 12.6. The van der Waals surface area contributed by atoms with Crippen molar-refractivity contribution in [1.29, 1.82) is 0 Å². The molecule has 0 amide bonds. The van der Waals surface area contributed by atoms with Gasteiger partial charge in [-0.3, -0.25) is 9.89 Å². The Labute approximate surface area is 202 Å². The molecule has 0 aliphatic rings. The van der Waals surface area contributed by atoms with Gasteiger partial charge in [0, 0.05) is 16.8 Å². The van der Waals surface area contributed by atoms with E-state index < -0.39 is 11.5 Å². The van der Waals surface area contributed by atoms with Crippen molar-refractivity contribution in [3.8, 4) is 5.75 Å². The fraction of sp³-hybridized carbons (Fsp3) is 0.222. The molecule has 0 aliphatic carbocycles. The average Bonchev–Trinajstić information content (AvgIpc) is 3.31. The summed E-state index contributed by atoms with van der Waals surface area (Å²) in [5, 5.41) is 6.93. The van der Waals surface area contributed by atoms with E-state index in [0.29, 0.717) is 12.2 Å². The van der Waals surface area contributed by atoms with Crippen molar-refractivity contribution >= 4 is 17.7 Å².